The van der Waals surface area contributed by atoms with E-state index in [1.54, 1.807) is 7.11 Å². The Kier molecular flexibility index (Phi) is 7.89. The highest BCUT2D eigenvalue weighted by Gasteiger charge is 2.12. The predicted octanol–water partition coefficient (Wildman–Crippen LogP) is 5.16. The number of thiazole rings is 1. The summed E-state index contributed by atoms with van der Waals surface area (Å²) in [5.74, 6) is 0.0198. The molecule has 30 heavy (non-hydrogen) atoms. The van der Waals surface area contributed by atoms with E-state index in [0.29, 0.717) is 5.13 Å². The number of thioether (sulfide) groups is 1. The molecule has 0 radical (unpaired) electrons. The minimum absolute atomic E-state index is 0.134. The van der Waals surface area contributed by atoms with Gasteiger partial charge < -0.3 is 9.47 Å². The molecule has 0 saturated heterocycles. The second-order valence-electron chi connectivity index (χ2n) is 6.17. The fourth-order valence-electron chi connectivity index (χ4n) is 2.48. The molecule has 0 unspecified atom stereocenters. The second-order valence-corrected chi connectivity index (χ2v) is 8.96. The number of hydrogen-bond acceptors (Lipinski definition) is 7. The fraction of sp³-hybridized carbons (Fsp3) is 0.190. The lowest BCUT2D eigenvalue weighted by Gasteiger charge is -2.07. The summed E-state index contributed by atoms with van der Waals surface area (Å²) in [4.78, 5) is 29.4. The molecule has 0 fully saturated rings. The van der Waals surface area contributed by atoms with Gasteiger partial charge >= 0.3 is 5.97 Å². The molecule has 9 heteroatoms. The Morgan fingerprint density at radius 2 is 1.97 bits per heavy atom. The third kappa shape index (κ3) is 6.32. The molecule has 1 aromatic heterocycles. The lowest BCUT2D eigenvalue weighted by atomic mass is 10.2. The molecule has 0 aliphatic carbocycles. The van der Waals surface area contributed by atoms with Crippen LogP contribution in [-0.4, -0.2) is 36.3 Å². The summed E-state index contributed by atoms with van der Waals surface area (Å²) >= 11 is 6.09. The van der Waals surface area contributed by atoms with Gasteiger partial charge in [0.05, 0.1) is 18.6 Å². The molecule has 0 atom stereocenters. The molecule has 1 amide bonds. The van der Waals surface area contributed by atoms with Gasteiger partial charge in [-0.25, -0.2) is 4.98 Å². The van der Waals surface area contributed by atoms with Crippen LogP contribution in [0.3, 0.4) is 0 Å². The van der Waals surface area contributed by atoms with Crippen LogP contribution in [0.15, 0.2) is 57.2 Å². The zero-order valence-electron chi connectivity index (χ0n) is 16.3. The summed E-state index contributed by atoms with van der Waals surface area (Å²) in [6.07, 6.45) is 0. The van der Waals surface area contributed by atoms with Crippen LogP contribution in [0.4, 0.5) is 5.13 Å². The normalized spacial score (nSPS) is 10.5. The number of esters is 1. The first-order valence-corrected chi connectivity index (χ1v) is 11.5. The van der Waals surface area contributed by atoms with E-state index >= 15 is 0 Å². The lowest BCUT2D eigenvalue weighted by molar-refractivity contribution is -0.144. The number of anilines is 1. The van der Waals surface area contributed by atoms with Crippen molar-refractivity contribution < 1.29 is 19.1 Å². The number of nitrogens with one attached hydrogen (secondary N) is 1. The van der Waals surface area contributed by atoms with Crippen LogP contribution in [0.5, 0.6) is 5.75 Å². The van der Waals surface area contributed by atoms with Crippen molar-refractivity contribution in [3.63, 3.8) is 0 Å². The number of rotatable bonds is 8. The van der Waals surface area contributed by atoms with E-state index in [4.69, 9.17) is 9.47 Å². The van der Waals surface area contributed by atoms with Crippen LogP contribution in [0.1, 0.15) is 5.56 Å². The smallest absolute Gasteiger partial charge is 0.316 e. The number of hydrogen-bond donors (Lipinski definition) is 1. The molecule has 3 rings (SSSR count). The van der Waals surface area contributed by atoms with Gasteiger partial charge in [-0.05, 0) is 55.0 Å². The molecule has 6 nitrogen and oxygen atoms in total. The number of carbonyl (C=O) groups is 2. The minimum Gasteiger partial charge on any atom is -0.497 e. The molecule has 3 aromatic rings. The number of benzene rings is 2. The summed E-state index contributed by atoms with van der Waals surface area (Å²) in [6, 6.07) is 13.3. The van der Waals surface area contributed by atoms with Gasteiger partial charge in [0.25, 0.3) is 5.91 Å². The van der Waals surface area contributed by atoms with Gasteiger partial charge in [0, 0.05) is 20.3 Å². The van der Waals surface area contributed by atoms with Gasteiger partial charge in [0.2, 0.25) is 0 Å². The van der Waals surface area contributed by atoms with Gasteiger partial charge in [-0.3, -0.25) is 14.9 Å². The molecule has 0 bridgehead atoms. The maximum Gasteiger partial charge on any atom is 0.316 e. The van der Waals surface area contributed by atoms with Crippen molar-refractivity contribution in [3.05, 3.63) is 57.9 Å². The first kappa shape index (κ1) is 22.3. The zero-order chi connectivity index (χ0) is 21.5. The van der Waals surface area contributed by atoms with E-state index in [-0.39, 0.29) is 12.4 Å². The minimum atomic E-state index is -0.449. The van der Waals surface area contributed by atoms with Crippen molar-refractivity contribution in [2.45, 2.75) is 11.8 Å². The Labute approximate surface area is 191 Å². The van der Waals surface area contributed by atoms with Crippen LogP contribution in [0.2, 0.25) is 0 Å². The summed E-state index contributed by atoms with van der Waals surface area (Å²) in [5.41, 5.74) is 2.73. The third-order valence-corrected chi connectivity index (χ3v) is 6.38. The quantitative estimate of drug-likeness (QED) is 0.335. The Balaban J connectivity index is 1.45. The summed E-state index contributed by atoms with van der Waals surface area (Å²) in [7, 11) is 1.61. The summed E-state index contributed by atoms with van der Waals surface area (Å²) in [5, 5.41) is 4.95. The van der Waals surface area contributed by atoms with E-state index < -0.39 is 11.9 Å². The van der Waals surface area contributed by atoms with Crippen LogP contribution in [0.25, 0.3) is 11.3 Å². The molecular formula is C21H19BrN2O4S2. The van der Waals surface area contributed by atoms with Crippen LogP contribution >= 0.6 is 39.0 Å². The maximum absolute atomic E-state index is 12.1. The average molecular weight is 507 g/mol. The van der Waals surface area contributed by atoms with E-state index in [9.17, 15) is 9.59 Å². The molecule has 0 saturated carbocycles. The van der Waals surface area contributed by atoms with Gasteiger partial charge in [0.15, 0.2) is 11.7 Å². The molecular weight excluding hydrogens is 488 g/mol. The van der Waals surface area contributed by atoms with Crippen molar-refractivity contribution in [2.24, 2.45) is 0 Å². The van der Waals surface area contributed by atoms with Crippen LogP contribution in [-0.2, 0) is 14.3 Å². The molecule has 0 spiro atoms. The standard InChI is InChI=1S/C21H19BrN2O4S2/c1-13-9-15(22)5-8-18(13)29-12-20(26)28-10-19(25)24-21-23-17(11-30-21)14-3-6-16(27-2)7-4-14/h3-9,11H,10,12H2,1-2H3,(H,23,24,25). The Morgan fingerprint density at radius 1 is 1.20 bits per heavy atom. The highest BCUT2D eigenvalue weighted by atomic mass is 79.9. The monoisotopic (exact) mass is 506 g/mol. The van der Waals surface area contributed by atoms with E-state index in [2.05, 4.69) is 26.2 Å². The molecule has 0 aliphatic rings. The largest absolute Gasteiger partial charge is 0.497 e. The molecule has 156 valence electrons. The number of halogens is 1. The zero-order valence-corrected chi connectivity index (χ0v) is 19.5. The number of ether oxygens (including phenoxy) is 2. The maximum atomic E-state index is 12.1. The number of aromatic nitrogens is 1. The average Bonchev–Trinajstić information content (AvgIpc) is 3.20. The Morgan fingerprint density at radius 3 is 2.67 bits per heavy atom. The molecule has 0 aliphatic heterocycles. The van der Waals surface area contributed by atoms with Crippen molar-refractivity contribution >= 4 is 56.0 Å². The van der Waals surface area contributed by atoms with Gasteiger partial charge in [-0.1, -0.05) is 15.9 Å². The first-order chi connectivity index (χ1) is 14.4. The van der Waals surface area contributed by atoms with Crippen molar-refractivity contribution in [2.75, 3.05) is 24.8 Å². The van der Waals surface area contributed by atoms with Crippen molar-refractivity contribution in [3.8, 4) is 17.0 Å². The SMILES string of the molecule is COc1ccc(-c2csc(NC(=O)COC(=O)CSc3ccc(Br)cc3C)n2)cc1. The van der Waals surface area contributed by atoms with Gasteiger partial charge in [0.1, 0.15) is 5.75 Å². The van der Waals surface area contributed by atoms with Crippen LogP contribution < -0.4 is 10.1 Å². The summed E-state index contributed by atoms with van der Waals surface area (Å²) in [6.45, 7) is 1.62. The molecule has 1 heterocycles. The number of carbonyl (C=O) groups excluding carboxylic acids is 2. The number of methoxy groups -OCH3 is 1. The van der Waals surface area contributed by atoms with E-state index in [0.717, 1.165) is 31.9 Å². The fourth-order valence-corrected chi connectivity index (χ4v) is 4.50. The topological polar surface area (TPSA) is 77.5 Å². The number of aryl methyl sites for hydroxylation is 1. The van der Waals surface area contributed by atoms with Crippen molar-refractivity contribution in [1.29, 1.82) is 0 Å². The first-order valence-electron chi connectivity index (χ1n) is 8.89. The number of amides is 1. The number of nitrogens with zero attached hydrogens (tertiary/aromatic N) is 1. The van der Waals surface area contributed by atoms with Crippen LogP contribution in [0, 0.1) is 6.92 Å². The highest BCUT2D eigenvalue weighted by Crippen LogP contribution is 2.27. The predicted molar refractivity (Wildman–Crippen MR) is 123 cm³/mol. The Bertz CT molecular complexity index is 1040. The molecule has 2 aromatic carbocycles. The van der Waals surface area contributed by atoms with Crippen molar-refractivity contribution in [1.82, 2.24) is 4.98 Å². The lowest BCUT2D eigenvalue weighted by Crippen LogP contribution is -2.21. The van der Waals surface area contributed by atoms with E-state index in [1.807, 2.05) is 54.8 Å². The second kappa shape index (κ2) is 10.6. The third-order valence-electron chi connectivity index (χ3n) is 3.98. The van der Waals surface area contributed by atoms with Gasteiger partial charge in [-0.2, -0.15) is 0 Å². The van der Waals surface area contributed by atoms with Gasteiger partial charge in [-0.15, -0.1) is 23.1 Å². The Hall–Kier alpha value is -2.36. The molecule has 1 N–H and O–H groups in total. The van der Waals surface area contributed by atoms with E-state index in [1.165, 1.54) is 23.1 Å². The summed E-state index contributed by atoms with van der Waals surface area (Å²) < 4.78 is 11.2. The highest BCUT2D eigenvalue weighted by molar-refractivity contribution is 9.10.